The molecule has 0 saturated carbocycles. The molecule has 0 aliphatic rings. The molecule has 7 heteroatoms. The van der Waals surface area contributed by atoms with Gasteiger partial charge in [0.1, 0.15) is 11.3 Å². The van der Waals surface area contributed by atoms with Gasteiger partial charge in [-0.1, -0.05) is 41.9 Å². The van der Waals surface area contributed by atoms with Crippen molar-refractivity contribution in [3.05, 3.63) is 58.6 Å². The van der Waals surface area contributed by atoms with Gasteiger partial charge in [-0.25, -0.2) is 4.79 Å². The zero-order valence-electron chi connectivity index (χ0n) is 15.3. The second-order valence-electron chi connectivity index (χ2n) is 6.14. The number of esters is 1. The number of methoxy groups -OCH3 is 1. The smallest absolute Gasteiger partial charge is 0.342 e. The average Bonchev–Trinajstić information content (AvgIpc) is 2.67. The number of aryl methyl sites for hydroxylation is 1. The lowest BCUT2D eigenvalue weighted by Crippen LogP contribution is -2.36. The molecule has 1 atom stereocenters. The van der Waals surface area contributed by atoms with Crippen LogP contribution in [0.1, 0.15) is 29.3 Å². The van der Waals surface area contributed by atoms with Crippen LogP contribution >= 0.6 is 11.6 Å². The number of ether oxygens (including phenoxy) is 2. The molecule has 0 fully saturated rings. The number of carbonyl (C=O) groups excluding carboxylic acids is 2. The Morgan fingerprint density at radius 1 is 1.22 bits per heavy atom. The van der Waals surface area contributed by atoms with Crippen molar-refractivity contribution in [3.63, 3.8) is 0 Å². The van der Waals surface area contributed by atoms with Gasteiger partial charge in [-0.2, -0.15) is 0 Å². The predicted molar refractivity (Wildman–Crippen MR) is 105 cm³/mol. The molecular weight excluding hydrogens is 368 g/mol. The fourth-order valence-electron chi connectivity index (χ4n) is 2.52. The summed E-state index contributed by atoms with van der Waals surface area (Å²) in [4.78, 5) is 24.2. The largest absolute Gasteiger partial charge is 0.496 e. The first-order chi connectivity index (χ1) is 12.9. The van der Waals surface area contributed by atoms with Crippen LogP contribution in [-0.2, 0) is 16.0 Å². The Balaban J connectivity index is 1.82. The number of nitrogens with two attached hydrogens (primary N) is 1. The molecule has 0 heterocycles. The SMILES string of the molecule is COc1cc(N)c(Cl)cc1C(=O)OCC(=O)N[C@H](C)CCc1ccccc1. The van der Waals surface area contributed by atoms with Crippen LogP contribution in [-0.4, -0.2) is 31.6 Å². The average molecular weight is 391 g/mol. The molecule has 0 radical (unpaired) electrons. The molecule has 3 N–H and O–H groups in total. The van der Waals surface area contributed by atoms with Crippen molar-refractivity contribution >= 4 is 29.2 Å². The Morgan fingerprint density at radius 2 is 1.93 bits per heavy atom. The van der Waals surface area contributed by atoms with Crippen molar-refractivity contribution in [2.24, 2.45) is 0 Å². The highest BCUT2D eigenvalue weighted by atomic mass is 35.5. The number of benzene rings is 2. The van der Waals surface area contributed by atoms with Crippen molar-refractivity contribution in [1.82, 2.24) is 5.32 Å². The Hall–Kier alpha value is -2.73. The summed E-state index contributed by atoms with van der Waals surface area (Å²) in [5, 5.41) is 3.02. The maximum atomic E-state index is 12.2. The molecule has 0 saturated heterocycles. The van der Waals surface area contributed by atoms with Crippen LogP contribution in [0.2, 0.25) is 5.02 Å². The standard InChI is InChI=1S/C20H23ClN2O4/c1-13(8-9-14-6-4-3-5-7-14)23-19(24)12-27-20(25)15-10-16(21)17(22)11-18(15)26-2/h3-7,10-11,13H,8-9,12,22H2,1-2H3,(H,23,24)/t13-/m1/s1. The Morgan fingerprint density at radius 3 is 2.59 bits per heavy atom. The second-order valence-corrected chi connectivity index (χ2v) is 6.55. The highest BCUT2D eigenvalue weighted by Crippen LogP contribution is 2.29. The molecule has 6 nitrogen and oxygen atoms in total. The summed E-state index contributed by atoms with van der Waals surface area (Å²) in [6, 6.07) is 12.8. The van der Waals surface area contributed by atoms with Gasteiger partial charge < -0.3 is 20.5 Å². The summed E-state index contributed by atoms with van der Waals surface area (Å²) in [6.07, 6.45) is 1.63. The normalized spacial score (nSPS) is 11.5. The number of amides is 1. The summed E-state index contributed by atoms with van der Waals surface area (Å²) >= 11 is 5.94. The summed E-state index contributed by atoms with van der Waals surface area (Å²) in [5.41, 5.74) is 7.29. The number of nitrogens with one attached hydrogen (secondary N) is 1. The first-order valence-electron chi connectivity index (χ1n) is 8.54. The molecule has 1 amide bonds. The van der Waals surface area contributed by atoms with Gasteiger partial charge in [-0.05, 0) is 31.4 Å². The van der Waals surface area contributed by atoms with E-state index in [4.69, 9.17) is 26.8 Å². The molecule has 2 aromatic carbocycles. The van der Waals surface area contributed by atoms with Gasteiger partial charge in [0, 0.05) is 12.1 Å². The minimum Gasteiger partial charge on any atom is -0.496 e. The van der Waals surface area contributed by atoms with Gasteiger partial charge in [0.2, 0.25) is 0 Å². The van der Waals surface area contributed by atoms with Crippen LogP contribution < -0.4 is 15.8 Å². The van der Waals surface area contributed by atoms with E-state index in [0.29, 0.717) is 0 Å². The van der Waals surface area contributed by atoms with E-state index in [1.807, 2.05) is 37.3 Å². The predicted octanol–water partition coefficient (Wildman–Crippen LogP) is 3.23. The van der Waals surface area contributed by atoms with Crippen molar-refractivity contribution in [3.8, 4) is 5.75 Å². The zero-order valence-corrected chi connectivity index (χ0v) is 16.1. The molecule has 144 valence electrons. The van der Waals surface area contributed by atoms with E-state index in [-0.39, 0.29) is 40.6 Å². The molecule has 0 bridgehead atoms. The van der Waals surface area contributed by atoms with E-state index in [2.05, 4.69) is 5.32 Å². The number of nitrogen functional groups attached to an aromatic ring is 1. The molecule has 2 rings (SSSR count). The van der Waals surface area contributed by atoms with Crippen LogP contribution in [0.4, 0.5) is 5.69 Å². The molecular formula is C20H23ClN2O4. The van der Waals surface area contributed by atoms with E-state index >= 15 is 0 Å². The zero-order chi connectivity index (χ0) is 19.8. The van der Waals surface area contributed by atoms with Gasteiger partial charge in [-0.3, -0.25) is 4.79 Å². The fourth-order valence-corrected chi connectivity index (χ4v) is 2.69. The fraction of sp³-hybridized carbons (Fsp3) is 0.300. The molecule has 0 aliphatic carbocycles. The molecule has 27 heavy (non-hydrogen) atoms. The van der Waals surface area contributed by atoms with Gasteiger partial charge in [0.05, 0.1) is 17.8 Å². The highest BCUT2D eigenvalue weighted by Gasteiger charge is 2.18. The van der Waals surface area contributed by atoms with Gasteiger partial charge in [-0.15, -0.1) is 0 Å². The van der Waals surface area contributed by atoms with Gasteiger partial charge in [0.15, 0.2) is 6.61 Å². The Labute approximate surface area is 163 Å². The number of rotatable bonds is 8. The molecule has 0 spiro atoms. The van der Waals surface area contributed by atoms with Crippen molar-refractivity contribution in [1.29, 1.82) is 0 Å². The van der Waals surface area contributed by atoms with Gasteiger partial charge in [0.25, 0.3) is 5.91 Å². The quantitative estimate of drug-likeness (QED) is 0.533. The third-order valence-corrected chi connectivity index (χ3v) is 4.32. The molecule has 2 aromatic rings. The van der Waals surface area contributed by atoms with Crippen molar-refractivity contribution in [2.75, 3.05) is 19.5 Å². The first kappa shape index (κ1) is 20.6. The lowest BCUT2D eigenvalue weighted by atomic mass is 10.1. The van der Waals surface area contributed by atoms with Crippen LogP contribution in [0.15, 0.2) is 42.5 Å². The van der Waals surface area contributed by atoms with E-state index in [1.54, 1.807) is 0 Å². The van der Waals surface area contributed by atoms with Crippen LogP contribution in [0.3, 0.4) is 0 Å². The Bertz CT molecular complexity index is 796. The number of hydrogen-bond donors (Lipinski definition) is 2. The lowest BCUT2D eigenvalue weighted by molar-refractivity contribution is -0.124. The monoisotopic (exact) mass is 390 g/mol. The van der Waals surface area contributed by atoms with E-state index in [9.17, 15) is 9.59 Å². The summed E-state index contributed by atoms with van der Waals surface area (Å²) in [5.74, 6) is -0.844. The van der Waals surface area contributed by atoms with Crippen LogP contribution in [0, 0.1) is 0 Å². The maximum Gasteiger partial charge on any atom is 0.342 e. The number of halogens is 1. The van der Waals surface area contributed by atoms with Crippen LogP contribution in [0.5, 0.6) is 5.75 Å². The van der Waals surface area contributed by atoms with Crippen LogP contribution in [0.25, 0.3) is 0 Å². The minimum absolute atomic E-state index is 0.0445. The first-order valence-corrected chi connectivity index (χ1v) is 8.92. The van der Waals surface area contributed by atoms with Crippen molar-refractivity contribution < 1.29 is 19.1 Å². The number of anilines is 1. The third-order valence-electron chi connectivity index (χ3n) is 3.99. The third kappa shape index (κ3) is 6.18. The molecule has 0 unspecified atom stereocenters. The van der Waals surface area contributed by atoms with E-state index in [1.165, 1.54) is 24.8 Å². The molecule has 0 aliphatic heterocycles. The Kier molecular flexibility index (Phi) is 7.49. The minimum atomic E-state index is -0.708. The van der Waals surface area contributed by atoms with Gasteiger partial charge >= 0.3 is 5.97 Å². The summed E-state index contributed by atoms with van der Waals surface area (Å²) in [7, 11) is 1.40. The summed E-state index contributed by atoms with van der Waals surface area (Å²) in [6.45, 7) is 1.52. The summed E-state index contributed by atoms with van der Waals surface area (Å²) < 4.78 is 10.2. The highest BCUT2D eigenvalue weighted by molar-refractivity contribution is 6.33. The topological polar surface area (TPSA) is 90.7 Å². The molecule has 0 aromatic heterocycles. The number of hydrogen-bond acceptors (Lipinski definition) is 5. The second kappa shape index (κ2) is 9.83. The number of carbonyl (C=O) groups is 2. The van der Waals surface area contributed by atoms with E-state index in [0.717, 1.165) is 12.8 Å². The maximum absolute atomic E-state index is 12.2. The van der Waals surface area contributed by atoms with Crippen molar-refractivity contribution in [2.45, 2.75) is 25.8 Å². The van der Waals surface area contributed by atoms with E-state index < -0.39 is 5.97 Å². The lowest BCUT2D eigenvalue weighted by Gasteiger charge is -2.14.